The third-order valence-electron chi connectivity index (χ3n) is 10.0. The Balaban J connectivity index is 1.09. The molecule has 2 aromatic heterocycles. The van der Waals surface area contributed by atoms with Crippen LogP contribution < -0.4 is 0 Å². The summed E-state index contributed by atoms with van der Waals surface area (Å²) in [6, 6.07) is 68.1. The van der Waals surface area contributed by atoms with E-state index in [1.165, 1.54) is 38.3 Å². The van der Waals surface area contributed by atoms with Crippen LogP contribution in [0.4, 0.5) is 0 Å². The predicted molar refractivity (Wildman–Crippen MR) is 219 cm³/mol. The number of nitrogens with zero attached hydrogens (tertiary/aromatic N) is 4. The van der Waals surface area contributed by atoms with Crippen LogP contribution in [0.5, 0.6) is 0 Å². The molecule has 0 aliphatic heterocycles. The van der Waals surface area contributed by atoms with Crippen LogP contribution in [0.1, 0.15) is 0 Å². The first-order valence-electron chi connectivity index (χ1n) is 17.9. The average Bonchev–Trinajstić information content (AvgIpc) is 3.58. The summed E-state index contributed by atoms with van der Waals surface area (Å²) >= 11 is 0. The van der Waals surface area contributed by atoms with Gasteiger partial charge in [0.2, 0.25) is 0 Å². The molecule has 53 heavy (non-hydrogen) atoms. The zero-order valence-electron chi connectivity index (χ0n) is 28.8. The smallest absolute Gasteiger partial charge is 0.164 e. The zero-order chi connectivity index (χ0) is 35.1. The van der Waals surface area contributed by atoms with Gasteiger partial charge in [-0.05, 0) is 87.6 Å². The molecule has 0 amide bonds. The van der Waals surface area contributed by atoms with Gasteiger partial charge in [0.25, 0.3) is 0 Å². The summed E-state index contributed by atoms with van der Waals surface area (Å²) in [5, 5.41) is 4.78. The topological polar surface area (TPSA) is 43.6 Å². The molecular formula is C49H32N4. The Labute approximate surface area is 307 Å². The van der Waals surface area contributed by atoms with Crippen molar-refractivity contribution in [1.29, 1.82) is 0 Å². The maximum absolute atomic E-state index is 5.12. The SMILES string of the molecule is c1ccc(-c2cccc(-c3nc(-c4ccc(-n5c6ccccc6c6ccccc65)cc4)nc(-c4ccc5cc(-c6ccccc6)ccc5c4)n3)c2)cc1. The summed E-state index contributed by atoms with van der Waals surface area (Å²) in [5.74, 6) is 1.90. The van der Waals surface area contributed by atoms with Gasteiger partial charge in [-0.15, -0.1) is 0 Å². The Morgan fingerprint density at radius 1 is 0.283 bits per heavy atom. The molecule has 0 saturated carbocycles. The number of hydrogen-bond donors (Lipinski definition) is 0. The van der Waals surface area contributed by atoms with Crippen molar-refractivity contribution >= 4 is 32.6 Å². The van der Waals surface area contributed by atoms with Crippen LogP contribution in [-0.4, -0.2) is 19.5 Å². The highest BCUT2D eigenvalue weighted by Gasteiger charge is 2.16. The maximum atomic E-state index is 5.12. The minimum absolute atomic E-state index is 0.628. The Morgan fingerprint density at radius 2 is 0.698 bits per heavy atom. The molecule has 0 aliphatic rings. The van der Waals surface area contributed by atoms with Gasteiger partial charge in [0.1, 0.15) is 0 Å². The molecule has 2 heterocycles. The third kappa shape index (κ3) is 5.63. The van der Waals surface area contributed by atoms with E-state index in [0.717, 1.165) is 38.9 Å². The Hall–Kier alpha value is -7.17. The first-order chi connectivity index (χ1) is 26.2. The summed E-state index contributed by atoms with van der Waals surface area (Å²) in [6.07, 6.45) is 0. The highest BCUT2D eigenvalue weighted by molar-refractivity contribution is 6.09. The lowest BCUT2D eigenvalue weighted by Gasteiger charge is -2.12. The molecule has 248 valence electrons. The molecule has 10 rings (SSSR count). The van der Waals surface area contributed by atoms with Gasteiger partial charge in [0.15, 0.2) is 17.5 Å². The van der Waals surface area contributed by atoms with Crippen molar-refractivity contribution < 1.29 is 0 Å². The second-order valence-corrected chi connectivity index (χ2v) is 13.3. The van der Waals surface area contributed by atoms with Crippen molar-refractivity contribution in [1.82, 2.24) is 19.5 Å². The van der Waals surface area contributed by atoms with E-state index in [9.17, 15) is 0 Å². The van der Waals surface area contributed by atoms with Crippen molar-refractivity contribution in [3.63, 3.8) is 0 Å². The minimum atomic E-state index is 0.628. The lowest BCUT2D eigenvalue weighted by atomic mass is 10.00. The number of hydrogen-bond acceptors (Lipinski definition) is 3. The van der Waals surface area contributed by atoms with E-state index < -0.39 is 0 Å². The number of aromatic nitrogens is 4. The van der Waals surface area contributed by atoms with Gasteiger partial charge >= 0.3 is 0 Å². The zero-order valence-corrected chi connectivity index (χ0v) is 28.8. The van der Waals surface area contributed by atoms with Crippen molar-refractivity contribution in [3.05, 3.63) is 194 Å². The van der Waals surface area contributed by atoms with Crippen LogP contribution in [0.15, 0.2) is 194 Å². The number of benzene rings is 8. The second-order valence-electron chi connectivity index (χ2n) is 13.3. The van der Waals surface area contributed by atoms with Gasteiger partial charge < -0.3 is 4.57 Å². The van der Waals surface area contributed by atoms with E-state index in [-0.39, 0.29) is 0 Å². The van der Waals surface area contributed by atoms with Gasteiger partial charge in [-0.2, -0.15) is 0 Å². The van der Waals surface area contributed by atoms with Crippen LogP contribution in [0.2, 0.25) is 0 Å². The molecule has 0 saturated heterocycles. The summed E-state index contributed by atoms with van der Waals surface area (Å²) < 4.78 is 2.33. The molecule has 0 atom stereocenters. The van der Waals surface area contributed by atoms with E-state index in [1.54, 1.807) is 0 Å². The third-order valence-corrected chi connectivity index (χ3v) is 10.0. The molecule has 8 aromatic carbocycles. The summed E-state index contributed by atoms with van der Waals surface area (Å²) in [4.78, 5) is 15.3. The van der Waals surface area contributed by atoms with Gasteiger partial charge in [-0.1, -0.05) is 140 Å². The largest absolute Gasteiger partial charge is 0.309 e. The molecule has 4 nitrogen and oxygen atoms in total. The normalized spacial score (nSPS) is 11.4. The predicted octanol–water partition coefficient (Wildman–Crippen LogP) is 12.5. The number of fused-ring (bicyclic) bond motifs is 4. The van der Waals surface area contributed by atoms with Crippen molar-refractivity contribution in [2.75, 3.05) is 0 Å². The molecular weight excluding hydrogens is 645 g/mol. The number of para-hydroxylation sites is 2. The molecule has 4 heteroatoms. The molecule has 0 fully saturated rings. The molecule has 10 aromatic rings. The van der Waals surface area contributed by atoms with E-state index in [1.807, 2.05) is 12.1 Å². The lowest BCUT2D eigenvalue weighted by molar-refractivity contribution is 1.07. The van der Waals surface area contributed by atoms with E-state index in [2.05, 4.69) is 187 Å². The van der Waals surface area contributed by atoms with Crippen molar-refractivity contribution in [2.45, 2.75) is 0 Å². The quantitative estimate of drug-likeness (QED) is 0.176. The fraction of sp³-hybridized carbons (Fsp3) is 0. The molecule has 0 spiro atoms. The molecule has 0 bridgehead atoms. The summed E-state index contributed by atoms with van der Waals surface area (Å²) in [6.45, 7) is 0. The Kier molecular flexibility index (Phi) is 7.43. The molecule has 0 N–H and O–H groups in total. The lowest BCUT2D eigenvalue weighted by Crippen LogP contribution is -2.01. The van der Waals surface area contributed by atoms with Gasteiger partial charge in [0.05, 0.1) is 11.0 Å². The van der Waals surface area contributed by atoms with E-state index in [0.29, 0.717) is 17.5 Å². The van der Waals surface area contributed by atoms with Crippen molar-refractivity contribution in [2.24, 2.45) is 0 Å². The first-order valence-corrected chi connectivity index (χ1v) is 17.9. The van der Waals surface area contributed by atoms with Gasteiger partial charge in [-0.3, -0.25) is 0 Å². The van der Waals surface area contributed by atoms with Crippen LogP contribution in [0.25, 0.3) is 94.7 Å². The van der Waals surface area contributed by atoms with Crippen molar-refractivity contribution in [3.8, 4) is 62.1 Å². The summed E-state index contributed by atoms with van der Waals surface area (Å²) in [7, 11) is 0. The monoisotopic (exact) mass is 676 g/mol. The fourth-order valence-corrected chi connectivity index (χ4v) is 7.39. The van der Waals surface area contributed by atoms with Crippen LogP contribution in [0.3, 0.4) is 0 Å². The summed E-state index contributed by atoms with van der Waals surface area (Å²) in [5.41, 5.74) is 10.9. The second kappa shape index (κ2) is 12.9. The highest BCUT2D eigenvalue weighted by Crippen LogP contribution is 2.34. The number of rotatable bonds is 6. The van der Waals surface area contributed by atoms with Crippen LogP contribution in [-0.2, 0) is 0 Å². The first kappa shape index (κ1) is 30.6. The standard InChI is InChI=1S/C49H32N4/c1-3-12-33(13-4-1)36-16-11-17-40(31-36)48-50-47(35-26-28-42(29-27-35)53-45-20-9-7-18-43(45)44-19-8-10-21-46(44)53)51-49(52-48)41-25-24-38-30-37(22-23-39(38)32-41)34-14-5-2-6-15-34/h1-32H. The molecule has 0 unspecified atom stereocenters. The fourth-order valence-electron chi connectivity index (χ4n) is 7.39. The Bertz CT molecular complexity index is 2880. The van der Waals surface area contributed by atoms with Crippen LogP contribution >= 0.6 is 0 Å². The molecule has 0 aliphatic carbocycles. The van der Waals surface area contributed by atoms with Gasteiger partial charge in [0, 0.05) is 33.2 Å². The molecule has 0 radical (unpaired) electrons. The maximum Gasteiger partial charge on any atom is 0.164 e. The van der Waals surface area contributed by atoms with Gasteiger partial charge in [-0.25, -0.2) is 15.0 Å². The average molecular weight is 677 g/mol. The Morgan fingerprint density at radius 3 is 1.30 bits per heavy atom. The van der Waals surface area contributed by atoms with Crippen LogP contribution in [0, 0.1) is 0 Å². The van der Waals surface area contributed by atoms with E-state index >= 15 is 0 Å². The van der Waals surface area contributed by atoms with E-state index in [4.69, 9.17) is 15.0 Å². The highest BCUT2D eigenvalue weighted by atomic mass is 15.0. The minimum Gasteiger partial charge on any atom is -0.309 e.